The number of hydrogen-bond donors (Lipinski definition) is 0. The van der Waals surface area contributed by atoms with Gasteiger partial charge in [0.2, 0.25) is 0 Å². The molecule has 0 bridgehead atoms. The van der Waals surface area contributed by atoms with Gasteiger partial charge in [0.05, 0.1) is 11.1 Å². The Morgan fingerprint density at radius 3 is 1.58 bits per heavy atom. The van der Waals surface area contributed by atoms with E-state index in [2.05, 4.69) is 6.58 Å². The lowest BCUT2D eigenvalue weighted by molar-refractivity contribution is 0.0651. The number of rotatable bonds is 14. The van der Waals surface area contributed by atoms with Crippen molar-refractivity contribution in [1.82, 2.24) is 4.90 Å². The molecule has 1 aliphatic rings. The Kier molecular flexibility index (Phi) is 9.16. The lowest BCUT2D eigenvalue weighted by atomic mass is 10.1. The van der Waals surface area contributed by atoms with Gasteiger partial charge in [-0.05, 0) is 31.4 Å². The van der Waals surface area contributed by atoms with Crippen LogP contribution < -0.4 is 0 Å². The molecule has 1 aromatic carbocycles. The van der Waals surface area contributed by atoms with Crippen LogP contribution >= 0.6 is 0 Å². The van der Waals surface area contributed by atoms with Crippen molar-refractivity contribution in [3.8, 4) is 0 Å². The predicted octanol–water partition coefficient (Wildman–Crippen LogP) is 6.15. The van der Waals surface area contributed by atoms with Crippen molar-refractivity contribution in [2.75, 3.05) is 6.54 Å². The molecule has 0 aromatic heterocycles. The van der Waals surface area contributed by atoms with E-state index in [4.69, 9.17) is 0 Å². The summed E-state index contributed by atoms with van der Waals surface area (Å²) in [5.41, 5.74) is 1.11. The fourth-order valence-corrected chi connectivity index (χ4v) is 3.59. The van der Waals surface area contributed by atoms with Crippen molar-refractivity contribution in [2.45, 2.75) is 77.0 Å². The van der Waals surface area contributed by atoms with Gasteiger partial charge in [-0.1, -0.05) is 76.0 Å². The zero-order valence-electron chi connectivity index (χ0n) is 16.0. The summed E-state index contributed by atoms with van der Waals surface area (Å²) in [6.45, 7) is 4.31. The average Bonchev–Trinajstić information content (AvgIpc) is 2.90. The molecule has 2 rings (SSSR count). The van der Waals surface area contributed by atoms with Crippen molar-refractivity contribution < 1.29 is 9.59 Å². The second-order valence-electron chi connectivity index (χ2n) is 7.27. The number of carbonyl (C=O) groups is 2. The second kappa shape index (κ2) is 11.7. The Morgan fingerprint density at radius 1 is 0.692 bits per heavy atom. The number of allylic oxidation sites excluding steroid dienone is 1. The molecule has 0 fully saturated rings. The van der Waals surface area contributed by atoms with Gasteiger partial charge in [0, 0.05) is 6.54 Å². The molecule has 0 atom stereocenters. The standard InChI is InChI=1S/C23H33NO2/c1-2-3-4-5-6-7-8-9-10-11-12-13-16-19-24-22(25)20-17-14-15-18-21(20)23(24)26/h2,14-15,17-18H,1,3-13,16,19H2. The molecule has 1 aliphatic heterocycles. The van der Waals surface area contributed by atoms with Crippen molar-refractivity contribution >= 4 is 11.8 Å². The lowest BCUT2D eigenvalue weighted by Gasteiger charge is -2.13. The van der Waals surface area contributed by atoms with E-state index in [1.807, 2.05) is 18.2 Å². The summed E-state index contributed by atoms with van der Waals surface area (Å²) in [6, 6.07) is 7.12. The van der Waals surface area contributed by atoms with E-state index in [0.717, 1.165) is 19.3 Å². The first kappa shape index (κ1) is 20.4. The van der Waals surface area contributed by atoms with E-state index >= 15 is 0 Å². The highest BCUT2D eigenvalue weighted by Gasteiger charge is 2.34. The normalized spacial score (nSPS) is 13.3. The summed E-state index contributed by atoms with van der Waals surface area (Å²) in [7, 11) is 0. The van der Waals surface area contributed by atoms with Gasteiger partial charge < -0.3 is 0 Å². The third-order valence-electron chi connectivity index (χ3n) is 5.17. The molecule has 3 nitrogen and oxygen atoms in total. The summed E-state index contributed by atoms with van der Waals surface area (Å²) in [5.74, 6) is -0.252. The highest BCUT2D eigenvalue weighted by molar-refractivity contribution is 6.21. The number of imide groups is 1. The Hall–Kier alpha value is -1.90. The third kappa shape index (κ3) is 6.12. The van der Waals surface area contributed by atoms with Gasteiger partial charge in [0.1, 0.15) is 0 Å². The van der Waals surface area contributed by atoms with Gasteiger partial charge in [0.15, 0.2) is 0 Å². The number of amides is 2. The number of unbranched alkanes of at least 4 members (excludes halogenated alkanes) is 11. The van der Waals surface area contributed by atoms with Gasteiger partial charge in [-0.15, -0.1) is 6.58 Å². The maximum Gasteiger partial charge on any atom is 0.261 e. The zero-order valence-corrected chi connectivity index (χ0v) is 16.0. The van der Waals surface area contributed by atoms with Crippen LogP contribution in [0.4, 0.5) is 0 Å². The molecule has 3 heteroatoms. The maximum atomic E-state index is 12.3. The summed E-state index contributed by atoms with van der Waals surface area (Å²) in [5, 5.41) is 0. The number of benzene rings is 1. The van der Waals surface area contributed by atoms with Crippen LogP contribution in [0.1, 0.15) is 97.8 Å². The minimum atomic E-state index is -0.126. The number of carbonyl (C=O) groups excluding carboxylic acids is 2. The quantitative estimate of drug-likeness (QED) is 0.228. The molecule has 0 saturated carbocycles. The van der Waals surface area contributed by atoms with Crippen LogP contribution in [0.25, 0.3) is 0 Å². The van der Waals surface area contributed by atoms with Gasteiger partial charge >= 0.3 is 0 Å². The third-order valence-corrected chi connectivity index (χ3v) is 5.17. The van der Waals surface area contributed by atoms with Crippen molar-refractivity contribution in [3.05, 3.63) is 48.0 Å². The van der Waals surface area contributed by atoms with Crippen LogP contribution in [-0.4, -0.2) is 23.3 Å². The molecular weight excluding hydrogens is 322 g/mol. The first-order valence-corrected chi connectivity index (χ1v) is 10.3. The minimum absolute atomic E-state index is 0.126. The van der Waals surface area contributed by atoms with E-state index in [1.165, 1.54) is 62.7 Å². The maximum absolute atomic E-state index is 12.3. The number of fused-ring (bicyclic) bond motifs is 1. The number of hydrogen-bond acceptors (Lipinski definition) is 2. The Balaban J connectivity index is 1.46. The van der Waals surface area contributed by atoms with Crippen LogP contribution in [-0.2, 0) is 0 Å². The zero-order chi connectivity index (χ0) is 18.6. The van der Waals surface area contributed by atoms with Gasteiger partial charge in [0.25, 0.3) is 11.8 Å². The minimum Gasteiger partial charge on any atom is -0.274 e. The van der Waals surface area contributed by atoms with Gasteiger partial charge in [-0.3, -0.25) is 14.5 Å². The largest absolute Gasteiger partial charge is 0.274 e. The van der Waals surface area contributed by atoms with Gasteiger partial charge in [-0.25, -0.2) is 0 Å². The van der Waals surface area contributed by atoms with Crippen LogP contribution in [0.3, 0.4) is 0 Å². The SMILES string of the molecule is C=CCCCCCCCCCCCCCN1C(=O)c2ccccc2C1=O. The van der Waals surface area contributed by atoms with Gasteiger partial charge in [-0.2, -0.15) is 0 Å². The summed E-state index contributed by atoms with van der Waals surface area (Å²) >= 11 is 0. The smallest absolute Gasteiger partial charge is 0.261 e. The number of nitrogens with zero attached hydrogens (tertiary/aromatic N) is 1. The van der Waals surface area contributed by atoms with E-state index in [1.54, 1.807) is 12.1 Å². The first-order valence-electron chi connectivity index (χ1n) is 10.3. The van der Waals surface area contributed by atoms with Crippen LogP contribution in [0.15, 0.2) is 36.9 Å². The fourth-order valence-electron chi connectivity index (χ4n) is 3.59. The summed E-state index contributed by atoms with van der Waals surface area (Å²) in [6.07, 6.45) is 17.0. The topological polar surface area (TPSA) is 37.4 Å². The van der Waals surface area contributed by atoms with E-state index in [9.17, 15) is 9.59 Å². The molecule has 1 heterocycles. The molecule has 0 unspecified atom stereocenters. The first-order chi connectivity index (χ1) is 12.8. The van der Waals surface area contributed by atoms with E-state index < -0.39 is 0 Å². The second-order valence-corrected chi connectivity index (χ2v) is 7.27. The molecule has 142 valence electrons. The fraction of sp³-hybridized carbons (Fsp3) is 0.565. The molecule has 0 spiro atoms. The molecule has 26 heavy (non-hydrogen) atoms. The molecule has 0 N–H and O–H groups in total. The van der Waals surface area contributed by atoms with E-state index in [-0.39, 0.29) is 11.8 Å². The average molecular weight is 356 g/mol. The predicted molar refractivity (Wildman–Crippen MR) is 107 cm³/mol. The van der Waals surface area contributed by atoms with E-state index in [0.29, 0.717) is 17.7 Å². The molecule has 0 radical (unpaired) electrons. The Bertz CT molecular complexity index is 559. The molecule has 2 amide bonds. The van der Waals surface area contributed by atoms with Crippen molar-refractivity contribution in [3.63, 3.8) is 0 Å². The van der Waals surface area contributed by atoms with Crippen molar-refractivity contribution in [2.24, 2.45) is 0 Å². The van der Waals surface area contributed by atoms with Crippen LogP contribution in [0, 0.1) is 0 Å². The molecule has 0 aliphatic carbocycles. The lowest BCUT2D eigenvalue weighted by Crippen LogP contribution is -2.30. The molecule has 1 aromatic rings. The Labute approximate surface area is 158 Å². The molecule has 0 saturated heterocycles. The highest BCUT2D eigenvalue weighted by Crippen LogP contribution is 2.23. The highest BCUT2D eigenvalue weighted by atomic mass is 16.2. The summed E-state index contributed by atoms with van der Waals surface area (Å²) in [4.78, 5) is 25.9. The summed E-state index contributed by atoms with van der Waals surface area (Å²) < 4.78 is 0. The monoisotopic (exact) mass is 355 g/mol. The Morgan fingerprint density at radius 2 is 1.12 bits per heavy atom. The van der Waals surface area contributed by atoms with Crippen molar-refractivity contribution in [1.29, 1.82) is 0 Å². The van der Waals surface area contributed by atoms with Crippen LogP contribution in [0.5, 0.6) is 0 Å². The molecular formula is C23H33NO2. The van der Waals surface area contributed by atoms with Crippen LogP contribution in [0.2, 0.25) is 0 Å².